The Morgan fingerprint density at radius 3 is 2.60 bits per heavy atom. The fourth-order valence-electron chi connectivity index (χ4n) is 2.28. The number of benzene rings is 1. The van der Waals surface area contributed by atoms with E-state index in [1.54, 1.807) is 11.3 Å². The van der Waals surface area contributed by atoms with E-state index in [2.05, 4.69) is 67.7 Å². The highest BCUT2D eigenvalue weighted by molar-refractivity contribution is 14.1. The van der Waals surface area contributed by atoms with Crippen LogP contribution >= 0.6 is 33.9 Å². The summed E-state index contributed by atoms with van der Waals surface area (Å²) < 4.78 is 1.24. The molecule has 0 amide bonds. The van der Waals surface area contributed by atoms with Crippen LogP contribution in [0.5, 0.6) is 0 Å². The Labute approximate surface area is 136 Å². The highest BCUT2D eigenvalue weighted by Crippen LogP contribution is 2.25. The Morgan fingerprint density at radius 1 is 1.10 bits per heavy atom. The van der Waals surface area contributed by atoms with Crippen molar-refractivity contribution in [1.82, 2.24) is 4.98 Å². The molecule has 0 spiro atoms. The highest BCUT2D eigenvalue weighted by atomic mass is 127. The Hall–Kier alpha value is -0.950. The molecule has 1 aromatic heterocycles. The van der Waals surface area contributed by atoms with Gasteiger partial charge in [0.15, 0.2) is 0 Å². The van der Waals surface area contributed by atoms with E-state index in [0.717, 1.165) is 29.2 Å². The van der Waals surface area contributed by atoms with Crippen molar-refractivity contribution in [3.63, 3.8) is 0 Å². The number of aromatic nitrogens is 1. The average Bonchev–Trinajstić information content (AvgIpc) is 2.96. The van der Waals surface area contributed by atoms with E-state index < -0.39 is 0 Å². The van der Waals surface area contributed by atoms with Gasteiger partial charge in [-0.25, -0.2) is 4.98 Å². The molecule has 0 radical (unpaired) electrons. The number of thiazole rings is 1. The summed E-state index contributed by atoms with van der Waals surface area (Å²) in [4.78, 5) is 4.59. The van der Waals surface area contributed by atoms with Gasteiger partial charge < -0.3 is 0 Å². The zero-order valence-electron chi connectivity index (χ0n) is 11.1. The second-order valence-corrected chi connectivity index (χ2v) is 7.00. The van der Waals surface area contributed by atoms with Crippen molar-refractivity contribution < 1.29 is 0 Å². The van der Waals surface area contributed by atoms with Gasteiger partial charge in [-0.2, -0.15) is 5.10 Å². The molecule has 1 N–H and O–H groups in total. The van der Waals surface area contributed by atoms with Crippen molar-refractivity contribution in [2.45, 2.75) is 32.1 Å². The van der Waals surface area contributed by atoms with E-state index in [-0.39, 0.29) is 0 Å². The highest BCUT2D eigenvalue weighted by Gasteiger charge is 2.08. The van der Waals surface area contributed by atoms with Gasteiger partial charge in [0.2, 0.25) is 5.13 Å². The SMILES string of the molecule is Ic1ccc(-c2csc(NN=C3CCCCC3)n2)cc1. The standard InChI is InChI=1S/C15H16IN3S/c16-12-8-6-11(7-9-12)14-10-20-15(17-14)19-18-13-4-2-1-3-5-13/h6-10H,1-5H2,(H,17,19). The normalized spacial score (nSPS) is 15.2. The summed E-state index contributed by atoms with van der Waals surface area (Å²) in [5.74, 6) is 0. The van der Waals surface area contributed by atoms with Crippen molar-refractivity contribution in [1.29, 1.82) is 0 Å². The lowest BCUT2D eigenvalue weighted by molar-refractivity contribution is 0.665. The molecule has 1 aromatic carbocycles. The van der Waals surface area contributed by atoms with E-state index in [1.807, 2.05) is 0 Å². The molecule has 0 saturated heterocycles. The summed E-state index contributed by atoms with van der Waals surface area (Å²) in [5, 5.41) is 7.43. The van der Waals surface area contributed by atoms with Gasteiger partial charge in [-0.1, -0.05) is 18.6 Å². The van der Waals surface area contributed by atoms with Crippen molar-refractivity contribution in [2.24, 2.45) is 5.10 Å². The van der Waals surface area contributed by atoms with Crippen LogP contribution in [0.25, 0.3) is 11.3 Å². The molecule has 0 aliphatic heterocycles. The Bertz CT molecular complexity index is 596. The molecule has 0 bridgehead atoms. The quantitative estimate of drug-likeness (QED) is 0.575. The van der Waals surface area contributed by atoms with Gasteiger partial charge in [0.25, 0.3) is 0 Å². The van der Waals surface area contributed by atoms with Crippen LogP contribution in [0.1, 0.15) is 32.1 Å². The minimum absolute atomic E-state index is 0.872. The number of hydrazone groups is 1. The van der Waals surface area contributed by atoms with Crippen molar-refractivity contribution in [3.8, 4) is 11.3 Å². The minimum Gasteiger partial charge on any atom is -0.253 e. The maximum atomic E-state index is 4.59. The molecule has 5 heteroatoms. The molecule has 104 valence electrons. The van der Waals surface area contributed by atoms with Gasteiger partial charge in [0, 0.05) is 20.2 Å². The summed E-state index contributed by atoms with van der Waals surface area (Å²) in [7, 11) is 0. The zero-order valence-corrected chi connectivity index (χ0v) is 14.1. The minimum atomic E-state index is 0.872. The first kappa shape index (κ1) is 14.0. The maximum Gasteiger partial charge on any atom is 0.203 e. The third-order valence-corrected chi connectivity index (χ3v) is 4.85. The van der Waals surface area contributed by atoms with Gasteiger partial charge in [0.05, 0.1) is 5.69 Å². The lowest BCUT2D eigenvalue weighted by Crippen LogP contribution is -2.07. The Morgan fingerprint density at radius 2 is 1.85 bits per heavy atom. The Kier molecular flexibility index (Phi) is 4.67. The first-order chi connectivity index (χ1) is 9.81. The molecule has 0 atom stereocenters. The molecule has 1 heterocycles. The third-order valence-electron chi connectivity index (χ3n) is 3.38. The molecule has 3 rings (SSSR count). The molecule has 3 nitrogen and oxygen atoms in total. The van der Waals surface area contributed by atoms with E-state index in [4.69, 9.17) is 0 Å². The smallest absolute Gasteiger partial charge is 0.203 e. The second-order valence-electron chi connectivity index (χ2n) is 4.90. The Balaban J connectivity index is 1.68. The van der Waals surface area contributed by atoms with Gasteiger partial charge in [-0.15, -0.1) is 11.3 Å². The molecule has 1 aliphatic carbocycles. The summed E-state index contributed by atoms with van der Waals surface area (Å²) in [5.41, 5.74) is 6.55. The predicted octanol–water partition coefficient (Wildman–Crippen LogP) is 5.15. The second kappa shape index (κ2) is 6.67. The van der Waals surface area contributed by atoms with Crippen LogP contribution in [-0.2, 0) is 0 Å². The summed E-state index contributed by atoms with van der Waals surface area (Å²) in [6.07, 6.45) is 6.14. The summed E-state index contributed by atoms with van der Waals surface area (Å²) >= 11 is 3.92. The number of nitrogens with one attached hydrogen (secondary N) is 1. The number of halogens is 1. The first-order valence-corrected chi connectivity index (χ1v) is 8.80. The van der Waals surface area contributed by atoms with Crippen LogP contribution in [0, 0.1) is 3.57 Å². The topological polar surface area (TPSA) is 37.3 Å². The molecule has 1 aliphatic rings. The van der Waals surface area contributed by atoms with Crippen molar-refractivity contribution in [2.75, 3.05) is 5.43 Å². The molecular weight excluding hydrogens is 381 g/mol. The molecular formula is C15H16IN3S. The number of rotatable bonds is 3. The van der Waals surface area contributed by atoms with Crippen LogP contribution in [0.3, 0.4) is 0 Å². The number of anilines is 1. The number of hydrogen-bond donors (Lipinski definition) is 1. The van der Waals surface area contributed by atoms with Crippen LogP contribution in [0.4, 0.5) is 5.13 Å². The van der Waals surface area contributed by atoms with E-state index in [9.17, 15) is 0 Å². The number of nitrogens with zero attached hydrogens (tertiary/aromatic N) is 2. The maximum absolute atomic E-state index is 4.59. The lowest BCUT2D eigenvalue weighted by Gasteiger charge is -2.11. The van der Waals surface area contributed by atoms with Crippen LogP contribution in [-0.4, -0.2) is 10.7 Å². The fourth-order valence-corrected chi connectivity index (χ4v) is 3.30. The summed E-state index contributed by atoms with van der Waals surface area (Å²) in [6.45, 7) is 0. The van der Waals surface area contributed by atoms with Crippen LogP contribution < -0.4 is 5.43 Å². The molecule has 1 saturated carbocycles. The predicted molar refractivity (Wildman–Crippen MR) is 94.4 cm³/mol. The molecule has 0 unspecified atom stereocenters. The molecule has 20 heavy (non-hydrogen) atoms. The van der Waals surface area contributed by atoms with Gasteiger partial charge in [-0.05, 0) is 60.4 Å². The summed E-state index contributed by atoms with van der Waals surface area (Å²) in [6, 6.07) is 8.41. The zero-order chi connectivity index (χ0) is 13.8. The largest absolute Gasteiger partial charge is 0.253 e. The van der Waals surface area contributed by atoms with E-state index in [1.165, 1.54) is 28.5 Å². The molecule has 2 aromatic rings. The van der Waals surface area contributed by atoms with Crippen molar-refractivity contribution in [3.05, 3.63) is 33.2 Å². The lowest BCUT2D eigenvalue weighted by atomic mass is 9.99. The molecule has 1 fully saturated rings. The van der Waals surface area contributed by atoms with Crippen LogP contribution in [0.15, 0.2) is 34.7 Å². The monoisotopic (exact) mass is 397 g/mol. The van der Waals surface area contributed by atoms with Gasteiger partial charge in [-0.3, -0.25) is 5.43 Å². The van der Waals surface area contributed by atoms with Crippen molar-refractivity contribution >= 4 is 44.8 Å². The van der Waals surface area contributed by atoms with E-state index >= 15 is 0 Å². The fraction of sp³-hybridized carbons (Fsp3) is 0.333. The number of hydrogen-bond acceptors (Lipinski definition) is 4. The van der Waals surface area contributed by atoms with Crippen LogP contribution in [0.2, 0.25) is 0 Å². The van der Waals surface area contributed by atoms with E-state index in [0.29, 0.717) is 0 Å². The van der Waals surface area contributed by atoms with Gasteiger partial charge >= 0.3 is 0 Å². The average molecular weight is 397 g/mol. The van der Waals surface area contributed by atoms with Gasteiger partial charge in [0.1, 0.15) is 0 Å². The third kappa shape index (κ3) is 3.58. The first-order valence-electron chi connectivity index (χ1n) is 6.84.